The lowest BCUT2D eigenvalue weighted by Gasteiger charge is -2.46. The molecule has 9 rings (SSSR count). The van der Waals surface area contributed by atoms with E-state index >= 15 is 14.4 Å². The molecule has 0 aliphatic carbocycles. The van der Waals surface area contributed by atoms with Gasteiger partial charge >= 0.3 is 12.0 Å². The average Bonchev–Trinajstić information content (AvgIpc) is 3.75. The van der Waals surface area contributed by atoms with Crippen LogP contribution in [0.1, 0.15) is 91.1 Å². The molecule has 4 aliphatic heterocycles. The Labute approximate surface area is 362 Å². The third-order valence-electron chi connectivity index (χ3n) is 13.2. The average molecular weight is 833 g/mol. The molecule has 5 aromatic carbocycles. The highest BCUT2D eigenvalue weighted by Gasteiger charge is 2.76. The fraction of sp³-hybridized carbons (Fsp3) is 0.333. The van der Waals surface area contributed by atoms with Gasteiger partial charge in [-0.1, -0.05) is 147 Å². The van der Waals surface area contributed by atoms with Crippen LogP contribution in [0, 0.1) is 5.92 Å². The van der Waals surface area contributed by atoms with Gasteiger partial charge in [0.15, 0.2) is 0 Å². The molecule has 7 atom stereocenters. The van der Waals surface area contributed by atoms with Gasteiger partial charge in [0.25, 0.3) is 0 Å². The molecule has 11 nitrogen and oxygen atoms in total. The van der Waals surface area contributed by atoms with E-state index in [9.17, 15) is 9.90 Å². The summed E-state index contributed by atoms with van der Waals surface area (Å²) in [5.74, 6) is -2.52. The standard InChI is InChI=1S/C51H52N4O7/c1-34(35-20-8-5-9-21-35)52-50(60)54-40-28-16-15-27-39(40)51(49(54)59)42(47(57)53-30-18-3-2-4-19-31-53)44-48(58)62-45(37-24-12-7-13-25-37)43(36-22-10-6-11-23-36)55(44)46(51)38-26-14-17-29-41(38)61-33-32-56/h5-17,20-29,34,42-46,56H,2-4,18-19,30-33H2,1H3,(H,52,60)/t34-,42+,43+,44+,45-,46-,51+/m1/s1. The van der Waals surface area contributed by atoms with Gasteiger partial charge in [-0.05, 0) is 54.2 Å². The number of morpholine rings is 1. The summed E-state index contributed by atoms with van der Waals surface area (Å²) in [6.45, 7) is 2.50. The number of nitrogens with one attached hydrogen (secondary N) is 1. The van der Waals surface area contributed by atoms with Crippen LogP contribution in [0.5, 0.6) is 5.75 Å². The number of fused-ring (bicyclic) bond motifs is 3. The van der Waals surface area contributed by atoms with Gasteiger partial charge in [-0.2, -0.15) is 0 Å². The van der Waals surface area contributed by atoms with Crippen LogP contribution < -0.4 is 15.0 Å². The van der Waals surface area contributed by atoms with Crippen LogP contribution in [0.25, 0.3) is 0 Å². The van der Waals surface area contributed by atoms with E-state index in [2.05, 4.69) is 5.32 Å². The van der Waals surface area contributed by atoms with E-state index in [0.29, 0.717) is 35.7 Å². The van der Waals surface area contributed by atoms with Gasteiger partial charge < -0.3 is 24.8 Å². The lowest BCUT2D eigenvalue weighted by atomic mass is 9.65. The van der Waals surface area contributed by atoms with E-state index < -0.39 is 59.5 Å². The molecule has 0 bridgehead atoms. The normalized spacial score (nSPS) is 25.3. The Morgan fingerprint density at radius 3 is 2.05 bits per heavy atom. The summed E-state index contributed by atoms with van der Waals surface area (Å²) in [5, 5.41) is 13.1. The van der Waals surface area contributed by atoms with Crippen molar-refractivity contribution in [2.75, 3.05) is 31.2 Å². The fourth-order valence-electron chi connectivity index (χ4n) is 10.5. The maximum absolute atomic E-state index is 16.5. The van der Waals surface area contributed by atoms with Gasteiger partial charge in [0.05, 0.1) is 36.3 Å². The molecule has 62 heavy (non-hydrogen) atoms. The number of rotatable bonds is 9. The highest BCUT2D eigenvalue weighted by molar-refractivity contribution is 6.24. The SMILES string of the molecule is C[C@@H](NC(=O)N1C(=O)[C@@]2(c3ccccc31)[C@H](C(=O)N1CCCCCCC1)[C@H]1C(=O)O[C@H](c3ccccc3)[C@H](c3ccccc3)N1[C@@H]2c1ccccc1OCCO)c1ccccc1. The number of urea groups is 1. The summed E-state index contributed by atoms with van der Waals surface area (Å²) in [4.78, 5) is 67.8. The Morgan fingerprint density at radius 1 is 0.758 bits per heavy atom. The van der Waals surface area contributed by atoms with Crippen LogP contribution >= 0.6 is 0 Å². The zero-order valence-electron chi connectivity index (χ0n) is 34.8. The van der Waals surface area contributed by atoms with Crippen molar-refractivity contribution in [1.29, 1.82) is 0 Å². The van der Waals surface area contributed by atoms with Crippen LogP contribution in [0.2, 0.25) is 0 Å². The first-order chi connectivity index (χ1) is 30.4. The first-order valence-electron chi connectivity index (χ1n) is 21.8. The molecule has 2 N–H and O–H groups in total. The Morgan fingerprint density at radius 2 is 1.35 bits per heavy atom. The molecule has 3 saturated heterocycles. The number of ether oxygens (including phenoxy) is 2. The van der Waals surface area contributed by atoms with Crippen LogP contribution in [-0.4, -0.2) is 71.1 Å². The van der Waals surface area contributed by atoms with Gasteiger partial charge in [-0.25, -0.2) is 9.69 Å². The molecule has 4 amide bonds. The van der Waals surface area contributed by atoms with E-state index in [1.54, 1.807) is 18.2 Å². The number of para-hydroxylation sites is 2. The number of imide groups is 1. The minimum atomic E-state index is -1.86. The molecular weight excluding hydrogens is 781 g/mol. The third-order valence-corrected chi connectivity index (χ3v) is 13.2. The smallest absolute Gasteiger partial charge is 0.329 e. The van der Waals surface area contributed by atoms with E-state index in [4.69, 9.17) is 9.47 Å². The first kappa shape index (κ1) is 41.1. The van der Waals surface area contributed by atoms with Crippen LogP contribution in [-0.2, 0) is 24.5 Å². The number of aliphatic hydroxyl groups is 1. The molecule has 4 aliphatic rings. The summed E-state index contributed by atoms with van der Waals surface area (Å²) in [6.07, 6.45) is 3.71. The molecular formula is C51H52N4O7. The van der Waals surface area contributed by atoms with E-state index in [-0.39, 0.29) is 19.1 Å². The molecule has 0 unspecified atom stereocenters. The number of cyclic esters (lactones) is 1. The van der Waals surface area contributed by atoms with Crippen LogP contribution in [0.4, 0.5) is 10.5 Å². The van der Waals surface area contributed by atoms with E-state index in [1.807, 2.05) is 138 Å². The number of nitrogens with zero attached hydrogens (tertiary/aromatic N) is 3. The summed E-state index contributed by atoms with van der Waals surface area (Å²) in [7, 11) is 0. The quantitative estimate of drug-likeness (QED) is 0.143. The summed E-state index contributed by atoms with van der Waals surface area (Å²) < 4.78 is 12.9. The second-order valence-corrected chi connectivity index (χ2v) is 16.7. The number of esters is 1. The molecule has 0 saturated carbocycles. The Balaban J connectivity index is 1.33. The topological polar surface area (TPSA) is 129 Å². The Hall–Kier alpha value is -6.30. The van der Waals surface area contributed by atoms with E-state index in [1.165, 1.54) is 4.90 Å². The maximum atomic E-state index is 16.5. The number of benzene rings is 5. The molecule has 0 aromatic heterocycles. The summed E-state index contributed by atoms with van der Waals surface area (Å²) in [5.41, 5.74) is 1.90. The highest BCUT2D eigenvalue weighted by atomic mass is 16.6. The monoisotopic (exact) mass is 832 g/mol. The maximum Gasteiger partial charge on any atom is 0.329 e. The molecule has 11 heteroatoms. The number of carbonyl (C=O) groups excluding carboxylic acids is 4. The van der Waals surface area contributed by atoms with Crippen molar-refractivity contribution in [3.8, 4) is 5.75 Å². The van der Waals surface area contributed by atoms with Gasteiger partial charge in [-0.15, -0.1) is 0 Å². The number of likely N-dealkylation sites (tertiary alicyclic amines) is 1. The van der Waals surface area contributed by atoms with Crippen LogP contribution in [0.3, 0.4) is 0 Å². The Kier molecular flexibility index (Phi) is 11.7. The molecule has 318 valence electrons. The zero-order chi connectivity index (χ0) is 42.8. The minimum Gasteiger partial charge on any atom is -0.491 e. The van der Waals surface area contributed by atoms with Crippen molar-refractivity contribution >= 4 is 29.5 Å². The minimum absolute atomic E-state index is 0.0382. The molecule has 0 radical (unpaired) electrons. The largest absolute Gasteiger partial charge is 0.491 e. The lowest BCUT2D eigenvalue weighted by molar-refractivity contribution is -0.179. The van der Waals surface area contributed by atoms with Crippen molar-refractivity contribution in [2.45, 2.75) is 74.7 Å². The van der Waals surface area contributed by atoms with Crippen molar-refractivity contribution < 1.29 is 33.8 Å². The predicted molar refractivity (Wildman–Crippen MR) is 234 cm³/mol. The van der Waals surface area contributed by atoms with Gasteiger partial charge in [0, 0.05) is 18.7 Å². The zero-order valence-corrected chi connectivity index (χ0v) is 34.8. The number of aliphatic hydroxyl groups excluding tert-OH is 1. The van der Waals surface area contributed by atoms with Gasteiger partial charge in [0.1, 0.15) is 29.9 Å². The van der Waals surface area contributed by atoms with Crippen molar-refractivity contribution in [3.05, 3.63) is 167 Å². The van der Waals surface area contributed by atoms with Crippen molar-refractivity contribution in [1.82, 2.24) is 15.1 Å². The number of amides is 4. The number of hydrogen-bond donors (Lipinski definition) is 2. The second kappa shape index (κ2) is 17.6. The molecule has 3 fully saturated rings. The molecule has 4 heterocycles. The van der Waals surface area contributed by atoms with Gasteiger partial charge in [0.2, 0.25) is 11.8 Å². The Bertz CT molecular complexity index is 2410. The summed E-state index contributed by atoms with van der Waals surface area (Å²) in [6, 6.07) is 39.2. The van der Waals surface area contributed by atoms with Crippen LogP contribution in [0.15, 0.2) is 140 Å². The van der Waals surface area contributed by atoms with Crippen molar-refractivity contribution in [3.63, 3.8) is 0 Å². The fourth-order valence-corrected chi connectivity index (χ4v) is 10.5. The van der Waals surface area contributed by atoms with E-state index in [0.717, 1.165) is 48.8 Å². The predicted octanol–water partition coefficient (Wildman–Crippen LogP) is 7.99. The molecule has 5 aromatic rings. The second-order valence-electron chi connectivity index (χ2n) is 16.7. The number of carbonyl (C=O) groups is 4. The number of hydrogen-bond acceptors (Lipinski definition) is 8. The number of anilines is 1. The summed E-state index contributed by atoms with van der Waals surface area (Å²) >= 11 is 0. The third kappa shape index (κ3) is 7.03. The highest BCUT2D eigenvalue weighted by Crippen LogP contribution is 2.66. The van der Waals surface area contributed by atoms with Gasteiger partial charge in [-0.3, -0.25) is 19.3 Å². The lowest BCUT2D eigenvalue weighted by Crippen LogP contribution is -2.57. The van der Waals surface area contributed by atoms with Crippen molar-refractivity contribution in [2.24, 2.45) is 5.92 Å². The molecule has 1 spiro atoms. The first-order valence-corrected chi connectivity index (χ1v) is 21.8.